The second-order valence-corrected chi connectivity index (χ2v) is 5.52. The molecule has 5 rings (SSSR count). The van der Waals surface area contributed by atoms with Gasteiger partial charge in [-0.3, -0.25) is 0 Å². The van der Waals surface area contributed by atoms with Crippen LogP contribution in [0.25, 0.3) is 33.0 Å². The van der Waals surface area contributed by atoms with Gasteiger partial charge in [0, 0.05) is 12.4 Å². The summed E-state index contributed by atoms with van der Waals surface area (Å²) in [6.07, 6.45) is 11.6. The Labute approximate surface area is 136 Å². The molecule has 23 heavy (non-hydrogen) atoms. The summed E-state index contributed by atoms with van der Waals surface area (Å²) in [6, 6.07) is 21.8. The third-order valence-corrected chi connectivity index (χ3v) is 4.13. The normalized spacial score (nSPS) is 13.0. The molecule has 0 saturated heterocycles. The molecule has 3 aromatic carbocycles. The predicted molar refractivity (Wildman–Crippen MR) is 98.9 cm³/mol. The van der Waals surface area contributed by atoms with Crippen LogP contribution in [0, 0.1) is 0 Å². The Balaban J connectivity index is 0.000000164. The molecule has 0 atom stereocenters. The molecule has 0 radical (unpaired) electrons. The third kappa shape index (κ3) is 2.47. The molecule has 3 aromatic rings. The quantitative estimate of drug-likeness (QED) is 0.441. The van der Waals surface area contributed by atoms with Crippen LogP contribution in [0.1, 0.15) is 0 Å². The van der Waals surface area contributed by atoms with E-state index >= 15 is 0 Å². The number of benzene rings is 3. The molecular formula is C22H17N. The second-order valence-electron chi connectivity index (χ2n) is 5.52. The summed E-state index contributed by atoms with van der Waals surface area (Å²) in [6.45, 7) is 0. The van der Waals surface area contributed by atoms with E-state index in [1.165, 1.54) is 33.0 Å². The zero-order valence-corrected chi connectivity index (χ0v) is 12.7. The lowest BCUT2D eigenvalue weighted by molar-refractivity contribution is 1.20. The summed E-state index contributed by atoms with van der Waals surface area (Å²) in [5.74, 6) is 0. The van der Waals surface area contributed by atoms with Crippen molar-refractivity contribution in [3.8, 4) is 22.3 Å². The van der Waals surface area contributed by atoms with Gasteiger partial charge in [0.2, 0.25) is 0 Å². The number of allylic oxidation sites excluding steroid dienone is 4. The summed E-state index contributed by atoms with van der Waals surface area (Å²) in [4.78, 5) is 0. The van der Waals surface area contributed by atoms with Gasteiger partial charge >= 0.3 is 0 Å². The Hall–Kier alpha value is -3.06. The minimum absolute atomic E-state index is 1.34. The van der Waals surface area contributed by atoms with Gasteiger partial charge in [0.05, 0.1) is 0 Å². The Bertz CT molecular complexity index is 873. The average molecular weight is 295 g/mol. The van der Waals surface area contributed by atoms with Crippen LogP contribution < -0.4 is 5.32 Å². The molecule has 1 heterocycles. The first-order valence-electron chi connectivity index (χ1n) is 7.81. The Morgan fingerprint density at radius 1 is 0.478 bits per heavy atom. The first kappa shape index (κ1) is 13.6. The van der Waals surface area contributed by atoms with Crippen LogP contribution >= 0.6 is 0 Å². The molecule has 0 bridgehead atoms. The largest absolute Gasteiger partial charge is 0.368 e. The topological polar surface area (TPSA) is 12.0 Å². The molecule has 1 heteroatoms. The minimum atomic E-state index is 1.34. The standard InChI is InChI=1S/C16H10.C6H7N/c1-2-8-13-12(7-1)14-9-3-5-11-6-4-10-15(13)16(11)14;1-2-4-6-7-5-3-1/h1-10H;1-7H. The van der Waals surface area contributed by atoms with E-state index in [1.54, 1.807) is 0 Å². The second kappa shape index (κ2) is 5.98. The molecule has 1 nitrogen and oxygen atoms in total. The van der Waals surface area contributed by atoms with E-state index in [9.17, 15) is 0 Å². The van der Waals surface area contributed by atoms with Crippen molar-refractivity contribution in [3.05, 3.63) is 97.4 Å². The van der Waals surface area contributed by atoms with Crippen LogP contribution in [-0.2, 0) is 0 Å². The maximum absolute atomic E-state index is 2.92. The van der Waals surface area contributed by atoms with Crippen LogP contribution in [-0.4, -0.2) is 0 Å². The first-order chi connectivity index (χ1) is 11.4. The van der Waals surface area contributed by atoms with Gasteiger partial charge in [0.25, 0.3) is 0 Å². The Morgan fingerprint density at radius 3 is 1.57 bits per heavy atom. The van der Waals surface area contributed by atoms with Crippen molar-refractivity contribution in [2.45, 2.75) is 0 Å². The summed E-state index contributed by atoms with van der Waals surface area (Å²) in [5.41, 5.74) is 5.50. The molecule has 0 fully saturated rings. The van der Waals surface area contributed by atoms with Crippen LogP contribution in [0.2, 0.25) is 0 Å². The van der Waals surface area contributed by atoms with Gasteiger partial charge in [-0.1, -0.05) is 72.8 Å². The van der Waals surface area contributed by atoms with Crippen LogP contribution in [0.5, 0.6) is 0 Å². The Morgan fingerprint density at radius 2 is 1.00 bits per heavy atom. The predicted octanol–water partition coefficient (Wildman–Crippen LogP) is 5.66. The van der Waals surface area contributed by atoms with Crippen LogP contribution in [0.15, 0.2) is 97.4 Å². The highest BCUT2D eigenvalue weighted by molar-refractivity contribution is 6.15. The zero-order chi connectivity index (χ0) is 15.5. The monoisotopic (exact) mass is 295 g/mol. The van der Waals surface area contributed by atoms with E-state index in [2.05, 4.69) is 66.0 Å². The van der Waals surface area contributed by atoms with E-state index in [4.69, 9.17) is 0 Å². The van der Waals surface area contributed by atoms with Gasteiger partial charge < -0.3 is 5.32 Å². The fraction of sp³-hybridized carbons (Fsp3) is 0. The number of fused-ring (bicyclic) bond motifs is 3. The maximum atomic E-state index is 2.92. The van der Waals surface area contributed by atoms with E-state index in [-0.39, 0.29) is 0 Å². The van der Waals surface area contributed by atoms with E-state index in [1.807, 2.05) is 36.7 Å². The van der Waals surface area contributed by atoms with Crippen molar-refractivity contribution < 1.29 is 0 Å². The van der Waals surface area contributed by atoms with E-state index in [0.717, 1.165) is 0 Å². The number of rotatable bonds is 0. The number of hydrogen-bond acceptors (Lipinski definition) is 1. The molecule has 0 spiro atoms. The van der Waals surface area contributed by atoms with Gasteiger partial charge in [0.1, 0.15) is 0 Å². The fourth-order valence-corrected chi connectivity index (χ4v) is 3.15. The fourth-order valence-electron chi connectivity index (χ4n) is 3.15. The lowest BCUT2D eigenvalue weighted by atomic mass is 10.0. The van der Waals surface area contributed by atoms with Gasteiger partial charge in [-0.05, 0) is 45.2 Å². The van der Waals surface area contributed by atoms with E-state index < -0.39 is 0 Å². The summed E-state index contributed by atoms with van der Waals surface area (Å²) in [7, 11) is 0. The van der Waals surface area contributed by atoms with Gasteiger partial charge in [-0.2, -0.15) is 0 Å². The third-order valence-electron chi connectivity index (χ3n) is 4.13. The molecular weight excluding hydrogens is 278 g/mol. The molecule has 1 aliphatic heterocycles. The highest BCUT2D eigenvalue weighted by Crippen LogP contribution is 2.46. The average Bonchev–Trinajstić information content (AvgIpc) is 2.80. The van der Waals surface area contributed by atoms with Crippen molar-refractivity contribution in [3.63, 3.8) is 0 Å². The summed E-state index contributed by atoms with van der Waals surface area (Å²) < 4.78 is 0. The van der Waals surface area contributed by atoms with Gasteiger partial charge in [-0.15, -0.1) is 0 Å². The van der Waals surface area contributed by atoms with Crippen LogP contribution in [0.3, 0.4) is 0 Å². The smallest absolute Gasteiger partial charge is 0.000442 e. The summed E-state index contributed by atoms with van der Waals surface area (Å²) in [5, 5.41) is 5.67. The van der Waals surface area contributed by atoms with Crippen LogP contribution in [0.4, 0.5) is 0 Å². The zero-order valence-electron chi connectivity index (χ0n) is 12.7. The molecule has 110 valence electrons. The minimum Gasteiger partial charge on any atom is -0.368 e. The van der Waals surface area contributed by atoms with Gasteiger partial charge in [-0.25, -0.2) is 0 Å². The highest BCUT2D eigenvalue weighted by Gasteiger charge is 2.19. The SMILES string of the molecule is C1=CC=CNC=C1.c1ccc2c(c1)-c1cccc3cccc-2c13. The molecule has 2 aliphatic rings. The summed E-state index contributed by atoms with van der Waals surface area (Å²) >= 11 is 0. The lowest BCUT2D eigenvalue weighted by Crippen LogP contribution is -1.87. The van der Waals surface area contributed by atoms with Gasteiger partial charge in [0.15, 0.2) is 0 Å². The number of nitrogens with one attached hydrogen (secondary N) is 1. The van der Waals surface area contributed by atoms with Crippen molar-refractivity contribution in [2.75, 3.05) is 0 Å². The lowest BCUT2D eigenvalue weighted by Gasteiger charge is -2.00. The molecule has 1 N–H and O–H groups in total. The molecule has 0 aromatic heterocycles. The Kier molecular flexibility index (Phi) is 3.53. The van der Waals surface area contributed by atoms with Crippen molar-refractivity contribution in [1.82, 2.24) is 5.32 Å². The maximum Gasteiger partial charge on any atom is 0.000442 e. The van der Waals surface area contributed by atoms with Crippen molar-refractivity contribution in [2.24, 2.45) is 0 Å². The molecule has 1 aliphatic carbocycles. The van der Waals surface area contributed by atoms with Crippen molar-refractivity contribution in [1.29, 1.82) is 0 Å². The van der Waals surface area contributed by atoms with E-state index in [0.29, 0.717) is 0 Å². The first-order valence-corrected chi connectivity index (χ1v) is 7.81. The highest BCUT2D eigenvalue weighted by atomic mass is 14.8. The van der Waals surface area contributed by atoms with Crippen molar-refractivity contribution >= 4 is 10.8 Å². The molecule has 0 amide bonds. The molecule has 0 saturated carbocycles. The molecule has 0 unspecified atom stereocenters. The number of hydrogen-bond donors (Lipinski definition) is 1.